The molecule has 3 heteroatoms. The van der Waals surface area contributed by atoms with Crippen LogP contribution in [0.2, 0.25) is 0 Å². The van der Waals surface area contributed by atoms with E-state index in [9.17, 15) is 4.39 Å². The van der Waals surface area contributed by atoms with Crippen LogP contribution in [-0.2, 0) is 6.54 Å². The van der Waals surface area contributed by atoms with Crippen LogP contribution >= 0.6 is 0 Å². The van der Waals surface area contributed by atoms with Crippen LogP contribution in [0, 0.1) is 5.82 Å². The van der Waals surface area contributed by atoms with Gasteiger partial charge >= 0.3 is 0 Å². The van der Waals surface area contributed by atoms with Crippen molar-refractivity contribution in [1.29, 1.82) is 0 Å². The largest absolute Gasteiger partial charge is 0.329 e. The maximum absolute atomic E-state index is 13.1. The molecule has 0 atom stereocenters. The normalized spacial score (nSPS) is 11.4. The summed E-state index contributed by atoms with van der Waals surface area (Å²) in [6.45, 7) is 6.66. The third kappa shape index (κ3) is 4.44. The molecule has 1 aromatic rings. The number of nitrogens with two attached hydrogens (primary N) is 1. The summed E-state index contributed by atoms with van der Waals surface area (Å²) in [5, 5.41) is 0. The summed E-state index contributed by atoms with van der Waals surface area (Å²) < 4.78 is 13.1. The van der Waals surface area contributed by atoms with Crippen LogP contribution in [0.5, 0.6) is 0 Å². The van der Waals surface area contributed by atoms with E-state index in [1.54, 1.807) is 12.1 Å². The van der Waals surface area contributed by atoms with Crippen LogP contribution in [0.4, 0.5) is 4.39 Å². The Morgan fingerprint density at radius 2 is 2.00 bits per heavy atom. The molecule has 0 aromatic heterocycles. The second-order valence-electron chi connectivity index (χ2n) is 4.36. The number of nitrogens with zero attached hydrogens (tertiary/aromatic N) is 1. The number of rotatable bonds is 7. The van der Waals surface area contributed by atoms with Crippen LogP contribution in [0.1, 0.15) is 32.3 Å². The second-order valence-corrected chi connectivity index (χ2v) is 4.36. The summed E-state index contributed by atoms with van der Waals surface area (Å²) in [6.07, 6.45) is 2.21. The summed E-state index contributed by atoms with van der Waals surface area (Å²) in [4.78, 5) is 2.34. The van der Waals surface area contributed by atoms with Gasteiger partial charge in [0.15, 0.2) is 0 Å². The van der Waals surface area contributed by atoms with Gasteiger partial charge in [0.1, 0.15) is 5.82 Å². The lowest BCUT2D eigenvalue weighted by Gasteiger charge is -2.30. The fraction of sp³-hybridized carbons (Fsp3) is 0.571. The zero-order chi connectivity index (χ0) is 12.7. The number of hydrogen-bond acceptors (Lipinski definition) is 2. The zero-order valence-corrected chi connectivity index (χ0v) is 10.8. The standard InChI is InChI=1S/C14H23FN2/c1-3-14(4-2)17(9-8-16)11-12-6-5-7-13(15)10-12/h5-7,10,14H,3-4,8-9,11,16H2,1-2H3. The molecule has 0 fully saturated rings. The Labute approximate surface area is 104 Å². The van der Waals surface area contributed by atoms with Gasteiger partial charge in [-0.3, -0.25) is 4.90 Å². The molecular formula is C14H23FN2. The summed E-state index contributed by atoms with van der Waals surface area (Å²) in [6, 6.07) is 7.34. The van der Waals surface area contributed by atoms with Crippen molar-refractivity contribution >= 4 is 0 Å². The summed E-state index contributed by atoms with van der Waals surface area (Å²) in [5.41, 5.74) is 6.66. The molecule has 0 amide bonds. The molecule has 0 saturated carbocycles. The molecule has 0 unspecified atom stereocenters. The highest BCUT2D eigenvalue weighted by Gasteiger charge is 2.14. The first-order valence-electron chi connectivity index (χ1n) is 6.39. The van der Waals surface area contributed by atoms with E-state index in [-0.39, 0.29) is 5.82 Å². The summed E-state index contributed by atoms with van der Waals surface area (Å²) in [5.74, 6) is -0.167. The first-order chi connectivity index (χ1) is 8.21. The maximum atomic E-state index is 13.1. The van der Waals surface area contributed by atoms with Crippen LogP contribution in [-0.4, -0.2) is 24.0 Å². The van der Waals surface area contributed by atoms with Gasteiger partial charge in [-0.2, -0.15) is 0 Å². The third-order valence-electron chi connectivity index (χ3n) is 3.15. The zero-order valence-electron chi connectivity index (χ0n) is 10.8. The maximum Gasteiger partial charge on any atom is 0.123 e. The van der Waals surface area contributed by atoms with Crippen LogP contribution in [0.15, 0.2) is 24.3 Å². The molecule has 0 saturated heterocycles. The van der Waals surface area contributed by atoms with Crippen molar-refractivity contribution in [3.8, 4) is 0 Å². The fourth-order valence-corrected chi connectivity index (χ4v) is 2.23. The smallest absolute Gasteiger partial charge is 0.123 e. The molecule has 17 heavy (non-hydrogen) atoms. The molecule has 2 nitrogen and oxygen atoms in total. The molecule has 0 aliphatic heterocycles. The molecule has 0 heterocycles. The van der Waals surface area contributed by atoms with Gasteiger partial charge in [0.2, 0.25) is 0 Å². The fourth-order valence-electron chi connectivity index (χ4n) is 2.23. The van der Waals surface area contributed by atoms with Crippen molar-refractivity contribution in [2.45, 2.75) is 39.3 Å². The average molecular weight is 238 g/mol. The molecule has 0 aliphatic rings. The van der Waals surface area contributed by atoms with E-state index < -0.39 is 0 Å². The molecule has 0 radical (unpaired) electrons. The van der Waals surface area contributed by atoms with Crippen molar-refractivity contribution in [1.82, 2.24) is 4.90 Å². The van der Waals surface area contributed by atoms with Gasteiger partial charge in [0.05, 0.1) is 0 Å². The quantitative estimate of drug-likeness (QED) is 0.791. The lowest BCUT2D eigenvalue weighted by atomic mass is 10.1. The van der Waals surface area contributed by atoms with Crippen molar-refractivity contribution in [3.05, 3.63) is 35.6 Å². The predicted molar refractivity (Wildman–Crippen MR) is 70.2 cm³/mol. The van der Waals surface area contributed by atoms with Gasteiger partial charge in [-0.05, 0) is 30.5 Å². The molecule has 1 rings (SSSR count). The predicted octanol–water partition coefficient (Wildman–Crippen LogP) is 2.78. The highest BCUT2D eigenvalue weighted by Crippen LogP contribution is 2.13. The minimum atomic E-state index is -0.167. The summed E-state index contributed by atoms with van der Waals surface area (Å²) >= 11 is 0. The molecule has 1 aromatic carbocycles. The van der Waals surface area contributed by atoms with Crippen molar-refractivity contribution in [2.75, 3.05) is 13.1 Å². The minimum Gasteiger partial charge on any atom is -0.329 e. The van der Waals surface area contributed by atoms with E-state index in [1.807, 2.05) is 6.07 Å². The van der Waals surface area contributed by atoms with Crippen molar-refractivity contribution in [3.63, 3.8) is 0 Å². The lowest BCUT2D eigenvalue weighted by molar-refractivity contribution is 0.182. The van der Waals surface area contributed by atoms with Gasteiger partial charge in [0, 0.05) is 25.7 Å². The Bertz CT molecular complexity index is 324. The average Bonchev–Trinajstić information content (AvgIpc) is 2.31. The van der Waals surface area contributed by atoms with E-state index in [1.165, 1.54) is 6.07 Å². The number of halogens is 1. The van der Waals surface area contributed by atoms with E-state index in [4.69, 9.17) is 5.73 Å². The van der Waals surface area contributed by atoms with Crippen LogP contribution in [0.25, 0.3) is 0 Å². The molecule has 0 spiro atoms. The molecule has 0 bridgehead atoms. The van der Waals surface area contributed by atoms with Crippen molar-refractivity contribution < 1.29 is 4.39 Å². The van der Waals surface area contributed by atoms with Crippen LogP contribution < -0.4 is 5.73 Å². The molecular weight excluding hydrogens is 215 g/mol. The Morgan fingerprint density at radius 3 is 2.53 bits per heavy atom. The van der Waals surface area contributed by atoms with E-state index >= 15 is 0 Å². The van der Waals surface area contributed by atoms with Crippen LogP contribution in [0.3, 0.4) is 0 Å². The molecule has 2 N–H and O–H groups in total. The van der Waals surface area contributed by atoms with Gasteiger partial charge < -0.3 is 5.73 Å². The third-order valence-corrected chi connectivity index (χ3v) is 3.15. The highest BCUT2D eigenvalue weighted by molar-refractivity contribution is 5.16. The highest BCUT2D eigenvalue weighted by atomic mass is 19.1. The first kappa shape index (κ1) is 14.1. The van der Waals surface area contributed by atoms with Crippen molar-refractivity contribution in [2.24, 2.45) is 5.73 Å². The Hall–Kier alpha value is -0.930. The molecule has 0 aliphatic carbocycles. The molecule has 96 valence electrons. The van der Waals surface area contributed by atoms with E-state index in [2.05, 4.69) is 18.7 Å². The monoisotopic (exact) mass is 238 g/mol. The minimum absolute atomic E-state index is 0.167. The van der Waals surface area contributed by atoms with Gasteiger partial charge in [-0.25, -0.2) is 4.39 Å². The van der Waals surface area contributed by atoms with Gasteiger partial charge in [-0.15, -0.1) is 0 Å². The Kier molecular flexibility index (Phi) is 6.16. The summed E-state index contributed by atoms with van der Waals surface area (Å²) in [7, 11) is 0. The number of hydrogen-bond donors (Lipinski definition) is 1. The number of benzene rings is 1. The van der Waals surface area contributed by atoms with E-state index in [0.29, 0.717) is 12.6 Å². The SMILES string of the molecule is CCC(CC)N(CCN)Cc1cccc(F)c1. The lowest BCUT2D eigenvalue weighted by Crippen LogP contribution is -2.37. The Balaban J connectivity index is 2.71. The van der Waals surface area contributed by atoms with Gasteiger partial charge in [0.25, 0.3) is 0 Å². The first-order valence-corrected chi connectivity index (χ1v) is 6.39. The second kappa shape index (κ2) is 7.41. The van der Waals surface area contributed by atoms with Gasteiger partial charge in [-0.1, -0.05) is 26.0 Å². The topological polar surface area (TPSA) is 29.3 Å². The Morgan fingerprint density at radius 1 is 1.29 bits per heavy atom. The van der Waals surface area contributed by atoms with E-state index in [0.717, 1.165) is 31.5 Å².